The fourth-order valence-corrected chi connectivity index (χ4v) is 3.02. The maximum absolute atomic E-state index is 12.7. The van der Waals surface area contributed by atoms with E-state index in [1.54, 1.807) is 32.4 Å². The number of hydrogen-bond donors (Lipinski definition) is 1. The van der Waals surface area contributed by atoms with Crippen molar-refractivity contribution < 1.29 is 14.3 Å². The van der Waals surface area contributed by atoms with Crippen molar-refractivity contribution in [2.75, 3.05) is 26.0 Å². The smallest absolute Gasteiger partial charge is 0.272 e. The van der Waals surface area contributed by atoms with Crippen LogP contribution in [0, 0.1) is 13.8 Å². The molecule has 0 aliphatic carbocycles. The number of likely N-dealkylation sites (N-methyl/N-ethyl adjacent to an activating group) is 1. The van der Waals surface area contributed by atoms with Crippen LogP contribution >= 0.6 is 0 Å². The van der Waals surface area contributed by atoms with Gasteiger partial charge in [-0.25, -0.2) is 4.98 Å². The number of anilines is 1. The van der Waals surface area contributed by atoms with Gasteiger partial charge in [-0.2, -0.15) is 0 Å². The van der Waals surface area contributed by atoms with E-state index in [1.165, 1.54) is 4.90 Å². The number of methoxy groups -OCH3 is 1. The highest BCUT2D eigenvalue weighted by Crippen LogP contribution is 2.21. The van der Waals surface area contributed by atoms with Gasteiger partial charge in [0.05, 0.1) is 19.2 Å². The highest BCUT2D eigenvalue weighted by molar-refractivity contribution is 6.00. The average Bonchev–Trinajstić information content (AvgIpc) is 2.69. The molecule has 0 bridgehead atoms. The Kier molecular flexibility index (Phi) is 5.59. The Labute approximate surface area is 164 Å². The SMILES string of the molecule is COc1ccc2nc(C(=O)N(C)CC(=O)Nc3c(C)cccc3C)ccc2c1. The second kappa shape index (κ2) is 8.08. The molecule has 1 N–H and O–H groups in total. The van der Waals surface area contributed by atoms with Gasteiger partial charge >= 0.3 is 0 Å². The van der Waals surface area contributed by atoms with Crippen LogP contribution in [-0.2, 0) is 4.79 Å². The van der Waals surface area contributed by atoms with Crippen LogP contribution in [0.1, 0.15) is 21.6 Å². The van der Waals surface area contributed by atoms with Crippen LogP contribution < -0.4 is 10.1 Å². The Morgan fingerprint density at radius 3 is 2.46 bits per heavy atom. The molecule has 3 rings (SSSR count). The first-order valence-corrected chi connectivity index (χ1v) is 8.95. The lowest BCUT2D eigenvalue weighted by molar-refractivity contribution is -0.116. The minimum absolute atomic E-state index is 0.0606. The average molecular weight is 377 g/mol. The molecule has 6 heteroatoms. The minimum atomic E-state index is -0.311. The first-order valence-electron chi connectivity index (χ1n) is 8.95. The highest BCUT2D eigenvalue weighted by Gasteiger charge is 2.17. The molecular weight excluding hydrogens is 354 g/mol. The molecule has 0 saturated carbocycles. The van der Waals surface area contributed by atoms with Gasteiger partial charge in [0.25, 0.3) is 5.91 Å². The highest BCUT2D eigenvalue weighted by atomic mass is 16.5. The largest absolute Gasteiger partial charge is 0.497 e. The molecule has 0 aliphatic rings. The standard InChI is InChI=1S/C22H23N3O3/c1-14-6-5-7-15(2)21(14)24-20(26)13-25(3)22(27)19-10-8-16-12-17(28-4)9-11-18(16)23-19/h5-12H,13H2,1-4H3,(H,24,26). The maximum Gasteiger partial charge on any atom is 0.272 e. The summed E-state index contributed by atoms with van der Waals surface area (Å²) in [7, 11) is 3.19. The Hall–Kier alpha value is -3.41. The van der Waals surface area contributed by atoms with E-state index >= 15 is 0 Å². The van der Waals surface area contributed by atoms with Crippen LogP contribution in [0.5, 0.6) is 5.75 Å². The lowest BCUT2D eigenvalue weighted by Gasteiger charge is -2.18. The summed E-state index contributed by atoms with van der Waals surface area (Å²) in [5, 5.41) is 3.77. The molecular formula is C22H23N3O3. The fraction of sp³-hybridized carbons (Fsp3) is 0.227. The van der Waals surface area contributed by atoms with Crippen molar-refractivity contribution in [3.8, 4) is 5.75 Å². The number of para-hydroxylation sites is 1. The molecule has 1 heterocycles. The Balaban J connectivity index is 1.71. The number of aryl methyl sites for hydroxylation is 2. The maximum atomic E-state index is 12.7. The molecule has 0 radical (unpaired) electrons. The van der Waals surface area contributed by atoms with E-state index in [2.05, 4.69) is 10.3 Å². The summed E-state index contributed by atoms with van der Waals surface area (Å²) in [5.74, 6) is 0.168. The monoisotopic (exact) mass is 377 g/mol. The first-order chi connectivity index (χ1) is 13.4. The van der Waals surface area contributed by atoms with Crippen molar-refractivity contribution in [2.45, 2.75) is 13.8 Å². The van der Waals surface area contributed by atoms with E-state index < -0.39 is 0 Å². The normalized spacial score (nSPS) is 10.6. The van der Waals surface area contributed by atoms with Crippen molar-refractivity contribution in [1.82, 2.24) is 9.88 Å². The third kappa shape index (κ3) is 4.11. The van der Waals surface area contributed by atoms with Crippen LogP contribution in [0.4, 0.5) is 5.69 Å². The van der Waals surface area contributed by atoms with Gasteiger partial charge in [0.2, 0.25) is 5.91 Å². The summed E-state index contributed by atoms with van der Waals surface area (Å²) in [6.07, 6.45) is 0. The molecule has 6 nitrogen and oxygen atoms in total. The fourth-order valence-electron chi connectivity index (χ4n) is 3.02. The van der Waals surface area contributed by atoms with Crippen molar-refractivity contribution in [2.24, 2.45) is 0 Å². The Morgan fingerprint density at radius 1 is 1.07 bits per heavy atom. The van der Waals surface area contributed by atoms with Gasteiger partial charge in [-0.3, -0.25) is 9.59 Å². The van der Waals surface area contributed by atoms with Gasteiger partial charge < -0.3 is 15.0 Å². The van der Waals surface area contributed by atoms with E-state index in [0.29, 0.717) is 11.2 Å². The van der Waals surface area contributed by atoms with Crippen molar-refractivity contribution in [3.05, 3.63) is 65.4 Å². The number of hydrogen-bond acceptors (Lipinski definition) is 4. The number of amides is 2. The number of nitrogens with zero attached hydrogens (tertiary/aromatic N) is 2. The van der Waals surface area contributed by atoms with Gasteiger partial charge in [0.1, 0.15) is 11.4 Å². The number of nitrogens with one attached hydrogen (secondary N) is 1. The second-order valence-corrected chi connectivity index (χ2v) is 6.73. The second-order valence-electron chi connectivity index (χ2n) is 6.73. The molecule has 0 unspecified atom stereocenters. The van der Waals surface area contributed by atoms with E-state index in [4.69, 9.17) is 4.74 Å². The van der Waals surface area contributed by atoms with E-state index in [-0.39, 0.29) is 18.4 Å². The summed E-state index contributed by atoms with van der Waals surface area (Å²) in [6, 6.07) is 14.8. The summed E-state index contributed by atoms with van der Waals surface area (Å²) in [4.78, 5) is 30.9. The number of carbonyl (C=O) groups excluding carboxylic acids is 2. The van der Waals surface area contributed by atoms with Gasteiger partial charge in [0, 0.05) is 18.1 Å². The molecule has 0 saturated heterocycles. The predicted molar refractivity (Wildman–Crippen MR) is 110 cm³/mol. The molecule has 2 aromatic carbocycles. The van der Waals surface area contributed by atoms with E-state index in [9.17, 15) is 9.59 Å². The van der Waals surface area contributed by atoms with Crippen LogP contribution in [0.2, 0.25) is 0 Å². The van der Waals surface area contributed by atoms with Crippen molar-refractivity contribution >= 4 is 28.4 Å². The van der Waals surface area contributed by atoms with E-state index in [0.717, 1.165) is 28.0 Å². The van der Waals surface area contributed by atoms with Gasteiger partial charge in [0.15, 0.2) is 0 Å². The van der Waals surface area contributed by atoms with Crippen LogP contribution in [0.3, 0.4) is 0 Å². The zero-order chi connectivity index (χ0) is 20.3. The molecule has 2 amide bonds. The Morgan fingerprint density at radius 2 is 1.79 bits per heavy atom. The predicted octanol–water partition coefficient (Wildman–Crippen LogP) is 3.57. The molecule has 0 fully saturated rings. The summed E-state index contributed by atoms with van der Waals surface area (Å²) >= 11 is 0. The number of ether oxygens (including phenoxy) is 1. The molecule has 28 heavy (non-hydrogen) atoms. The zero-order valence-electron chi connectivity index (χ0n) is 16.4. The number of rotatable bonds is 5. The topological polar surface area (TPSA) is 71.5 Å². The molecule has 1 aromatic heterocycles. The molecule has 3 aromatic rings. The minimum Gasteiger partial charge on any atom is -0.497 e. The molecule has 0 spiro atoms. The van der Waals surface area contributed by atoms with Crippen LogP contribution in [0.25, 0.3) is 10.9 Å². The molecule has 144 valence electrons. The Bertz CT molecular complexity index is 1030. The van der Waals surface area contributed by atoms with Crippen LogP contribution in [0.15, 0.2) is 48.5 Å². The zero-order valence-corrected chi connectivity index (χ0v) is 16.4. The van der Waals surface area contributed by atoms with Crippen LogP contribution in [-0.4, -0.2) is 42.4 Å². The molecule has 0 atom stereocenters. The van der Waals surface area contributed by atoms with Gasteiger partial charge in [-0.05, 0) is 49.2 Å². The quantitative estimate of drug-likeness (QED) is 0.738. The van der Waals surface area contributed by atoms with Crippen molar-refractivity contribution in [1.29, 1.82) is 0 Å². The summed E-state index contributed by atoms with van der Waals surface area (Å²) < 4.78 is 5.20. The third-order valence-electron chi connectivity index (χ3n) is 4.59. The van der Waals surface area contributed by atoms with Gasteiger partial charge in [-0.15, -0.1) is 0 Å². The number of aromatic nitrogens is 1. The van der Waals surface area contributed by atoms with Crippen molar-refractivity contribution in [3.63, 3.8) is 0 Å². The lowest BCUT2D eigenvalue weighted by atomic mass is 10.1. The summed E-state index contributed by atoms with van der Waals surface area (Å²) in [6.45, 7) is 3.81. The molecule has 0 aliphatic heterocycles. The third-order valence-corrected chi connectivity index (χ3v) is 4.59. The number of benzene rings is 2. The number of pyridine rings is 1. The first kappa shape index (κ1) is 19.4. The summed E-state index contributed by atoms with van der Waals surface area (Å²) in [5.41, 5.74) is 3.73. The number of fused-ring (bicyclic) bond motifs is 1. The number of carbonyl (C=O) groups is 2. The van der Waals surface area contributed by atoms with Gasteiger partial charge in [-0.1, -0.05) is 24.3 Å². The lowest BCUT2D eigenvalue weighted by Crippen LogP contribution is -2.35. The van der Waals surface area contributed by atoms with E-state index in [1.807, 2.05) is 44.2 Å².